The lowest BCUT2D eigenvalue weighted by molar-refractivity contribution is 0.0950. The van der Waals surface area contributed by atoms with Crippen LogP contribution in [0.4, 0.5) is 10.2 Å². The molecular weight excluding hydrogens is 309 g/mol. The Balaban J connectivity index is 1.65. The fourth-order valence-electron chi connectivity index (χ4n) is 2.41. The van der Waals surface area contributed by atoms with Crippen molar-refractivity contribution in [3.05, 3.63) is 53.5 Å². The number of carbonyl (C=O) groups excluding carboxylic acids is 1. The SMILES string of the molecule is COc1ccc(CN(C)c2ccc(C(=O)NC3CC3)cn2)cc1F. The highest BCUT2D eigenvalue weighted by Crippen LogP contribution is 2.21. The molecule has 0 saturated heterocycles. The van der Waals surface area contributed by atoms with E-state index in [1.54, 1.807) is 24.4 Å². The molecule has 0 atom stereocenters. The quantitative estimate of drug-likeness (QED) is 0.885. The molecular formula is C18H20FN3O2. The molecule has 1 saturated carbocycles. The summed E-state index contributed by atoms with van der Waals surface area (Å²) in [7, 11) is 3.31. The topological polar surface area (TPSA) is 54.5 Å². The molecule has 1 aliphatic rings. The Labute approximate surface area is 140 Å². The number of aromatic nitrogens is 1. The summed E-state index contributed by atoms with van der Waals surface area (Å²) in [5.74, 6) is 0.472. The van der Waals surface area contributed by atoms with E-state index in [-0.39, 0.29) is 17.5 Å². The number of rotatable bonds is 6. The van der Waals surface area contributed by atoms with Crippen LogP contribution in [0.5, 0.6) is 5.75 Å². The normalized spacial score (nSPS) is 13.5. The smallest absolute Gasteiger partial charge is 0.253 e. The van der Waals surface area contributed by atoms with Gasteiger partial charge in [0.2, 0.25) is 0 Å². The van der Waals surface area contributed by atoms with E-state index < -0.39 is 0 Å². The van der Waals surface area contributed by atoms with E-state index in [0.717, 1.165) is 18.4 Å². The van der Waals surface area contributed by atoms with Crippen LogP contribution in [-0.4, -0.2) is 31.1 Å². The van der Waals surface area contributed by atoms with Gasteiger partial charge in [-0.05, 0) is 42.7 Å². The van der Waals surface area contributed by atoms with Crippen LogP contribution in [0.3, 0.4) is 0 Å². The predicted molar refractivity (Wildman–Crippen MR) is 89.8 cm³/mol. The number of hydrogen-bond acceptors (Lipinski definition) is 4. The maximum Gasteiger partial charge on any atom is 0.253 e. The van der Waals surface area contributed by atoms with E-state index in [1.165, 1.54) is 13.2 Å². The van der Waals surface area contributed by atoms with Crippen molar-refractivity contribution in [2.45, 2.75) is 25.4 Å². The van der Waals surface area contributed by atoms with Gasteiger partial charge in [-0.15, -0.1) is 0 Å². The number of anilines is 1. The molecule has 2 aromatic rings. The van der Waals surface area contributed by atoms with Crippen molar-refractivity contribution in [3.63, 3.8) is 0 Å². The summed E-state index contributed by atoms with van der Waals surface area (Å²) in [6, 6.07) is 8.75. The number of hydrogen-bond donors (Lipinski definition) is 1. The minimum atomic E-state index is -0.386. The molecule has 1 fully saturated rings. The lowest BCUT2D eigenvalue weighted by atomic mass is 10.2. The molecule has 1 aromatic heterocycles. The van der Waals surface area contributed by atoms with Crippen LogP contribution in [0.1, 0.15) is 28.8 Å². The first-order valence-corrected chi connectivity index (χ1v) is 7.87. The number of nitrogens with zero attached hydrogens (tertiary/aromatic N) is 2. The minimum Gasteiger partial charge on any atom is -0.494 e. The van der Waals surface area contributed by atoms with Gasteiger partial charge >= 0.3 is 0 Å². The van der Waals surface area contributed by atoms with Crippen LogP contribution in [0.15, 0.2) is 36.5 Å². The average molecular weight is 329 g/mol. The van der Waals surface area contributed by atoms with Crippen molar-refractivity contribution >= 4 is 11.7 Å². The van der Waals surface area contributed by atoms with Gasteiger partial charge in [-0.25, -0.2) is 9.37 Å². The Morgan fingerprint density at radius 2 is 2.17 bits per heavy atom. The Bertz CT molecular complexity index is 730. The van der Waals surface area contributed by atoms with Crippen molar-refractivity contribution in [3.8, 4) is 5.75 Å². The number of ether oxygens (including phenoxy) is 1. The van der Waals surface area contributed by atoms with Crippen LogP contribution < -0.4 is 15.0 Å². The van der Waals surface area contributed by atoms with Gasteiger partial charge in [0.1, 0.15) is 5.82 Å². The van der Waals surface area contributed by atoms with E-state index in [4.69, 9.17) is 4.74 Å². The first kappa shape index (κ1) is 16.2. The molecule has 1 aliphatic carbocycles. The highest BCUT2D eigenvalue weighted by Gasteiger charge is 2.23. The lowest BCUT2D eigenvalue weighted by Gasteiger charge is -2.18. The highest BCUT2D eigenvalue weighted by atomic mass is 19.1. The largest absolute Gasteiger partial charge is 0.494 e. The Morgan fingerprint density at radius 1 is 1.38 bits per heavy atom. The second kappa shape index (κ2) is 6.86. The minimum absolute atomic E-state index is 0.0866. The Morgan fingerprint density at radius 3 is 2.75 bits per heavy atom. The molecule has 0 spiro atoms. The number of carbonyl (C=O) groups is 1. The predicted octanol–water partition coefficient (Wildman–Crippen LogP) is 2.76. The summed E-state index contributed by atoms with van der Waals surface area (Å²) in [6.07, 6.45) is 3.68. The average Bonchev–Trinajstić information content (AvgIpc) is 3.39. The number of halogens is 1. The summed E-state index contributed by atoms with van der Waals surface area (Å²) in [5.41, 5.74) is 1.36. The summed E-state index contributed by atoms with van der Waals surface area (Å²) in [4.78, 5) is 18.2. The molecule has 1 amide bonds. The van der Waals surface area contributed by atoms with Gasteiger partial charge in [0, 0.05) is 25.8 Å². The Kier molecular flexibility index (Phi) is 4.64. The molecule has 5 nitrogen and oxygen atoms in total. The van der Waals surface area contributed by atoms with Crippen molar-refractivity contribution in [2.24, 2.45) is 0 Å². The fourth-order valence-corrected chi connectivity index (χ4v) is 2.41. The fraction of sp³-hybridized carbons (Fsp3) is 0.333. The van der Waals surface area contributed by atoms with Crippen LogP contribution in [-0.2, 0) is 6.54 Å². The number of amides is 1. The van der Waals surface area contributed by atoms with Gasteiger partial charge in [-0.3, -0.25) is 4.79 Å². The monoisotopic (exact) mass is 329 g/mol. The first-order chi connectivity index (χ1) is 11.6. The van der Waals surface area contributed by atoms with Crippen LogP contribution in [0.2, 0.25) is 0 Å². The van der Waals surface area contributed by atoms with Crippen LogP contribution in [0.25, 0.3) is 0 Å². The lowest BCUT2D eigenvalue weighted by Crippen LogP contribution is -2.25. The molecule has 1 N–H and O–H groups in total. The molecule has 1 heterocycles. The van der Waals surface area contributed by atoms with Gasteiger partial charge < -0.3 is 15.0 Å². The summed E-state index contributed by atoms with van der Waals surface area (Å²) in [6.45, 7) is 0.502. The number of benzene rings is 1. The van der Waals surface area contributed by atoms with Crippen molar-refractivity contribution in [1.82, 2.24) is 10.3 Å². The van der Waals surface area contributed by atoms with Crippen molar-refractivity contribution in [1.29, 1.82) is 0 Å². The third-order valence-electron chi connectivity index (χ3n) is 3.95. The molecule has 6 heteroatoms. The van der Waals surface area contributed by atoms with E-state index in [9.17, 15) is 9.18 Å². The van der Waals surface area contributed by atoms with Crippen LogP contribution in [0, 0.1) is 5.82 Å². The third kappa shape index (κ3) is 3.82. The molecule has 1 aromatic carbocycles. The molecule has 0 radical (unpaired) electrons. The standard InChI is InChI=1S/C18H20FN3O2/c1-22(11-12-3-7-16(24-2)15(19)9-12)17-8-4-13(10-20-17)18(23)21-14-5-6-14/h3-4,7-10,14H,5-6,11H2,1-2H3,(H,21,23). The number of pyridine rings is 1. The zero-order valence-electron chi connectivity index (χ0n) is 13.8. The first-order valence-electron chi connectivity index (χ1n) is 7.87. The van der Waals surface area contributed by atoms with E-state index in [0.29, 0.717) is 24.0 Å². The van der Waals surface area contributed by atoms with Crippen LogP contribution >= 0.6 is 0 Å². The molecule has 24 heavy (non-hydrogen) atoms. The number of methoxy groups -OCH3 is 1. The molecule has 0 aliphatic heterocycles. The second-order valence-electron chi connectivity index (χ2n) is 5.98. The zero-order valence-corrected chi connectivity index (χ0v) is 13.8. The molecule has 0 bridgehead atoms. The van der Waals surface area contributed by atoms with Gasteiger partial charge in [-0.2, -0.15) is 0 Å². The summed E-state index contributed by atoms with van der Waals surface area (Å²) in [5, 5.41) is 2.93. The summed E-state index contributed by atoms with van der Waals surface area (Å²) >= 11 is 0. The molecule has 3 rings (SSSR count). The second-order valence-corrected chi connectivity index (χ2v) is 5.98. The molecule has 126 valence electrons. The van der Waals surface area contributed by atoms with Gasteiger partial charge in [0.25, 0.3) is 5.91 Å². The maximum atomic E-state index is 13.8. The van der Waals surface area contributed by atoms with E-state index in [1.807, 2.05) is 18.0 Å². The van der Waals surface area contributed by atoms with Gasteiger partial charge in [0.15, 0.2) is 11.6 Å². The van der Waals surface area contributed by atoms with Gasteiger partial charge in [-0.1, -0.05) is 6.07 Å². The van der Waals surface area contributed by atoms with Gasteiger partial charge in [0.05, 0.1) is 12.7 Å². The number of nitrogens with one attached hydrogen (secondary N) is 1. The summed E-state index contributed by atoms with van der Waals surface area (Å²) < 4.78 is 18.7. The van der Waals surface area contributed by atoms with E-state index in [2.05, 4.69) is 10.3 Å². The van der Waals surface area contributed by atoms with Crippen molar-refractivity contribution < 1.29 is 13.9 Å². The van der Waals surface area contributed by atoms with E-state index >= 15 is 0 Å². The maximum absolute atomic E-state index is 13.8. The highest BCUT2D eigenvalue weighted by molar-refractivity contribution is 5.94. The zero-order chi connectivity index (χ0) is 17.1. The Hall–Kier alpha value is -2.63. The molecule has 0 unspecified atom stereocenters. The van der Waals surface area contributed by atoms with Crippen molar-refractivity contribution in [2.75, 3.05) is 19.1 Å². The third-order valence-corrected chi connectivity index (χ3v) is 3.95.